The quantitative estimate of drug-likeness (QED) is 0.843. The molecule has 0 saturated carbocycles. The van der Waals surface area contributed by atoms with Gasteiger partial charge in [0.05, 0.1) is 21.1 Å². The van der Waals surface area contributed by atoms with Gasteiger partial charge in [0.1, 0.15) is 0 Å². The molecule has 2 aromatic rings. The Balaban J connectivity index is 1.83. The number of halogens is 1. The number of benzene rings is 1. The molecule has 1 aromatic heterocycles. The van der Waals surface area contributed by atoms with Crippen LogP contribution in [0.15, 0.2) is 34.0 Å². The monoisotopic (exact) mass is 372 g/mol. The van der Waals surface area contributed by atoms with Gasteiger partial charge in [-0.25, -0.2) is 13.4 Å². The highest BCUT2D eigenvalue weighted by molar-refractivity contribution is 7.92. The lowest BCUT2D eigenvalue weighted by atomic mass is 10.2. The van der Waals surface area contributed by atoms with Crippen molar-refractivity contribution in [3.05, 3.63) is 34.1 Å². The minimum atomic E-state index is -3.69. The predicted molar refractivity (Wildman–Crippen MR) is 94.1 cm³/mol. The highest BCUT2D eigenvalue weighted by Gasteiger charge is 2.23. The molecule has 2 heterocycles. The van der Waals surface area contributed by atoms with Crippen LogP contribution in [-0.4, -0.2) is 39.6 Å². The van der Waals surface area contributed by atoms with Gasteiger partial charge in [-0.3, -0.25) is 4.72 Å². The average molecular weight is 373 g/mol. The maximum absolute atomic E-state index is 12.4. The van der Waals surface area contributed by atoms with Crippen LogP contribution in [0.1, 0.15) is 6.42 Å². The van der Waals surface area contributed by atoms with Crippen molar-refractivity contribution in [3.8, 4) is 0 Å². The Bertz CT molecular complexity index is 774. The highest BCUT2D eigenvalue weighted by atomic mass is 35.5. The Morgan fingerprint density at radius 1 is 1.48 bits per heavy atom. The van der Waals surface area contributed by atoms with Crippen LogP contribution in [0, 0.1) is 0 Å². The molecule has 2 N–H and O–H groups in total. The molecule has 1 atom stereocenters. The SMILES string of the molecule is CN(c1ccc(S(=O)(=O)Nc2cscn2)cc1Cl)C1CCNC1. The fourth-order valence-corrected chi connectivity index (χ4v) is 4.53. The van der Waals surface area contributed by atoms with E-state index in [9.17, 15) is 8.42 Å². The third-order valence-corrected chi connectivity index (χ3v) is 6.10. The second-order valence-corrected chi connectivity index (χ2v) is 8.16. The zero-order chi connectivity index (χ0) is 16.4. The van der Waals surface area contributed by atoms with Crippen molar-refractivity contribution in [2.75, 3.05) is 29.8 Å². The summed E-state index contributed by atoms with van der Waals surface area (Å²) in [6.45, 7) is 1.88. The molecule has 23 heavy (non-hydrogen) atoms. The number of hydrogen-bond donors (Lipinski definition) is 2. The molecule has 1 saturated heterocycles. The standard InChI is InChI=1S/C14H17ClN4O2S2/c1-19(10-4-5-16-7-10)13-3-2-11(6-12(13)15)23(20,21)18-14-8-22-9-17-14/h2-3,6,8-10,16,18H,4-5,7H2,1H3. The molecule has 6 nitrogen and oxygen atoms in total. The van der Waals surface area contributed by atoms with Crippen molar-refractivity contribution in [2.24, 2.45) is 0 Å². The number of thiazole rings is 1. The Morgan fingerprint density at radius 2 is 2.30 bits per heavy atom. The van der Waals surface area contributed by atoms with E-state index >= 15 is 0 Å². The minimum Gasteiger partial charge on any atom is -0.369 e. The summed E-state index contributed by atoms with van der Waals surface area (Å²) in [6, 6.07) is 5.15. The van der Waals surface area contributed by atoms with Crippen molar-refractivity contribution in [3.63, 3.8) is 0 Å². The Hall–Kier alpha value is -1.35. The van der Waals surface area contributed by atoms with Crippen LogP contribution in [0.5, 0.6) is 0 Å². The fourth-order valence-electron chi connectivity index (χ4n) is 2.57. The van der Waals surface area contributed by atoms with Crippen LogP contribution in [0.25, 0.3) is 0 Å². The van der Waals surface area contributed by atoms with E-state index in [4.69, 9.17) is 11.6 Å². The number of anilines is 2. The molecule has 1 aliphatic rings. The normalized spacial score (nSPS) is 18.1. The van der Waals surface area contributed by atoms with E-state index in [0.717, 1.165) is 25.2 Å². The second kappa shape index (κ2) is 6.64. The number of nitrogens with one attached hydrogen (secondary N) is 2. The molecule has 1 unspecified atom stereocenters. The zero-order valence-corrected chi connectivity index (χ0v) is 14.9. The molecule has 3 rings (SSSR count). The maximum Gasteiger partial charge on any atom is 0.263 e. The van der Waals surface area contributed by atoms with Gasteiger partial charge in [-0.2, -0.15) is 0 Å². The first-order valence-corrected chi connectivity index (χ1v) is 9.92. The Kier molecular flexibility index (Phi) is 4.77. The van der Waals surface area contributed by atoms with Gasteiger partial charge < -0.3 is 10.2 Å². The van der Waals surface area contributed by atoms with Crippen LogP contribution in [0.4, 0.5) is 11.5 Å². The van der Waals surface area contributed by atoms with E-state index in [1.165, 1.54) is 17.4 Å². The third kappa shape index (κ3) is 3.60. The number of hydrogen-bond acceptors (Lipinski definition) is 6. The summed E-state index contributed by atoms with van der Waals surface area (Å²) < 4.78 is 27.2. The van der Waals surface area contributed by atoms with Crippen LogP contribution < -0.4 is 14.9 Å². The van der Waals surface area contributed by atoms with Crippen molar-refractivity contribution >= 4 is 44.5 Å². The summed E-state index contributed by atoms with van der Waals surface area (Å²) >= 11 is 7.65. The fraction of sp³-hybridized carbons (Fsp3) is 0.357. The highest BCUT2D eigenvalue weighted by Crippen LogP contribution is 2.30. The largest absolute Gasteiger partial charge is 0.369 e. The number of sulfonamides is 1. The minimum absolute atomic E-state index is 0.122. The Labute approximate surface area is 144 Å². The molecule has 0 spiro atoms. The predicted octanol–water partition coefficient (Wildman–Crippen LogP) is 2.40. The second-order valence-electron chi connectivity index (χ2n) is 5.35. The lowest BCUT2D eigenvalue weighted by Gasteiger charge is -2.27. The van der Waals surface area contributed by atoms with Crippen molar-refractivity contribution in [2.45, 2.75) is 17.4 Å². The van der Waals surface area contributed by atoms with Crippen molar-refractivity contribution in [1.29, 1.82) is 0 Å². The molecular formula is C14H17ClN4O2S2. The summed E-state index contributed by atoms with van der Waals surface area (Å²) in [4.78, 5) is 6.14. The number of nitrogens with zero attached hydrogens (tertiary/aromatic N) is 2. The summed E-state index contributed by atoms with van der Waals surface area (Å²) in [5.41, 5.74) is 2.39. The smallest absolute Gasteiger partial charge is 0.263 e. The molecule has 9 heteroatoms. The molecule has 0 radical (unpaired) electrons. The third-order valence-electron chi connectivity index (χ3n) is 3.86. The molecule has 1 fully saturated rings. The van der Waals surface area contributed by atoms with E-state index in [-0.39, 0.29) is 4.90 Å². The Morgan fingerprint density at radius 3 is 2.91 bits per heavy atom. The molecule has 0 amide bonds. The van der Waals surface area contributed by atoms with Crippen LogP contribution in [-0.2, 0) is 10.0 Å². The van der Waals surface area contributed by atoms with Crippen LogP contribution >= 0.6 is 22.9 Å². The first-order valence-electron chi connectivity index (χ1n) is 7.11. The summed E-state index contributed by atoms with van der Waals surface area (Å²) in [6.07, 6.45) is 1.04. The van der Waals surface area contributed by atoms with Crippen molar-refractivity contribution < 1.29 is 8.42 Å². The summed E-state index contributed by atoms with van der Waals surface area (Å²) in [5.74, 6) is 0.310. The van der Waals surface area contributed by atoms with E-state index in [0.29, 0.717) is 16.9 Å². The molecule has 0 aliphatic carbocycles. The van der Waals surface area contributed by atoms with Crippen molar-refractivity contribution in [1.82, 2.24) is 10.3 Å². The van der Waals surface area contributed by atoms with Gasteiger partial charge in [0.2, 0.25) is 0 Å². The van der Waals surface area contributed by atoms with Gasteiger partial charge in [0, 0.05) is 25.0 Å². The lowest BCUT2D eigenvalue weighted by molar-refractivity contribution is 0.601. The molecular weight excluding hydrogens is 356 g/mol. The topological polar surface area (TPSA) is 74.3 Å². The van der Waals surface area contributed by atoms with Crippen LogP contribution in [0.2, 0.25) is 5.02 Å². The molecule has 124 valence electrons. The van der Waals surface area contributed by atoms with Gasteiger partial charge in [0.25, 0.3) is 10.0 Å². The summed E-state index contributed by atoms with van der Waals surface area (Å²) in [5, 5.41) is 5.36. The zero-order valence-electron chi connectivity index (χ0n) is 12.5. The van der Waals surface area contributed by atoms with E-state index in [1.54, 1.807) is 23.0 Å². The number of aromatic nitrogens is 1. The number of likely N-dealkylation sites (N-methyl/N-ethyl adjacent to an activating group) is 1. The van der Waals surface area contributed by atoms with E-state index < -0.39 is 10.0 Å². The van der Waals surface area contributed by atoms with Crippen LogP contribution in [0.3, 0.4) is 0 Å². The van der Waals surface area contributed by atoms with E-state index in [2.05, 4.69) is 19.9 Å². The van der Waals surface area contributed by atoms with E-state index in [1.807, 2.05) is 7.05 Å². The van der Waals surface area contributed by atoms with Gasteiger partial charge in [0.15, 0.2) is 5.82 Å². The first-order chi connectivity index (χ1) is 11.0. The molecule has 1 aromatic carbocycles. The van der Waals surface area contributed by atoms with Gasteiger partial charge in [-0.05, 0) is 31.2 Å². The summed E-state index contributed by atoms with van der Waals surface area (Å²) in [7, 11) is -1.72. The maximum atomic E-state index is 12.4. The van der Waals surface area contributed by atoms with Gasteiger partial charge >= 0.3 is 0 Å². The lowest BCUT2D eigenvalue weighted by Crippen LogP contribution is -2.33. The van der Waals surface area contributed by atoms with Gasteiger partial charge in [-0.1, -0.05) is 11.6 Å². The first kappa shape index (κ1) is 16.5. The van der Waals surface area contributed by atoms with Gasteiger partial charge in [-0.15, -0.1) is 11.3 Å². The molecule has 1 aliphatic heterocycles. The average Bonchev–Trinajstić information content (AvgIpc) is 3.19. The number of rotatable bonds is 5. The molecule has 0 bridgehead atoms.